The molecule has 3 nitrogen and oxygen atoms in total. The van der Waals surface area contributed by atoms with E-state index in [0.29, 0.717) is 6.04 Å². The summed E-state index contributed by atoms with van der Waals surface area (Å²) in [5.74, 6) is 0. The van der Waals surface area contributed by atoms with Gasteiger partial charge in [0.15, 0.2) is 0 Å². The van der Waals surface area contributed by atoms with E-state index in [4.69, 9.17) is 5.73 Å². The van der Waals surface area contributed by atoms with Gasteiger partial charge in [0.05, 0.1) is 5.52 Å². The van der Waals surface area contributed by atoms with Crippen molar-refractivity contribution in [1.29, 1.82) is 0 Å². The smallest absolute Gasteiger partial charge is 0.0767 e. The van der Waals surface area contributed by atoms with Crippen LogP contribution < -0.4 is 5.73 Å². The van der Waals surface area contributed by atoms with Crippen LogP contribution in [0.25, 0.3) is 10.9 Å². The molecule has 2 heterocycles. The van der Waals surface area contributed by atoms with Crippen LogP contribution in [0.2, 0.25) is 0 Å². The lowest BCUT2D eigenvalue weighted by Gasteiger charge is -2.24. The zero-order chi connectivity index (χ0) is 14.8. The second-order valence-electron chi connectivity index (χ2n) is 5.32. The number of thiophene rings is 1. The van der Waals surface area contributed by atoms with Gasteiger partial charge in [0.25, 0.3) is 0 Å². The van der Waals surface area contributed by atoms with E-state index in [1.807, 2.05) is 24.4 Å². The van der Waals surface area contributed by atoms with Crippen molar-refractivity contribution in [2.45, 2.75) is 19.5 Å². The highest BCUT2D eigenvalue weighted by atomic mass is 32.1. The molecule has 3 rings (SSSR count). The molecule has 2 aromatic heterocycles. The molecule has 4 heteroatoms. The van der Waals surface area contributed by atoms with E-state index in [1.165, 1.54) is 10.4 Å². The minimum Gasteiger partial charge on any atom is -0.398 e. The topological polar surface area (TPSA) is 42.1 Å². The Morgan fingerprint density at radius 2 is 2.10 bits per heavy atom. The minimum absolute atomic E-state index is 0.390. The maximum atomic E-state index is 6.04. The lowest BCUT2D eigenvalue weighted by Crippen LogP contribution is -2.21. The summed E-state index contributed by atoms with van der Waals surface area (Å²) in [7, 11) is 2.15. The number of nitrogen functional groups attached to an aromatic ring is 1. The molecule has 3 aromatic rings. The van der Waals surface area contributed by atoms with E-state index in [2.05, 4.69) is 47.4 Å². The zero-order valence-corrected chi connectivity index (χ0v) is 13.1. The Hall–Kier alpha value is -1.91. The summed E-state index contributed by atoms with van der Waals surface area (Å²) in [5, 5.41) is 3.16. The largest absolute Gasteiger partial charge is 0.398 e. The highest BCUT2D eigenvalue weighted by Crippen LogP contribution is 2.28. The number of hydrogen-bond donors (Lipinski definition) is 1. The quantitative estimate of drug-likeness (QED) is 0.738. The highest BCUT2D eigenvalue weighted by molar-refractivity contribution is 7.10. The number of benzene rings is 1. The van der Waals surface area contributed by atoms with E-state index in [9.17, 15) is 0 Å². The molecule has 1 atom stereocenters. The normalized spacial score (nSPS) is 12.9. The molecule has 0 saturated carbocycles. The lowest BCUT2D eigenvalue weighted by molar-refractivity contribution is 0.257. The van der Waals surface area contributed by atoms with Crippen molar-refractivity contribution in [2.24, 2.45) is 0 Å². The van der Waals surface area contributed by atoms with Gasteiger partial charge < -0.3 is 5.73 Å². The predicted molar refractivity (Wildman–Crippen MR) is 90.4 cm³/mol. The van der Waals surface area contributed by atoms with Crippen LogP contribution in [0.5, 0.6) is 0 Å². The summed E-state index contributed by atoms with van der Waals surface area (Å²) in [6.07, 6.45) is 1.83. The van der Waals surface area contributed by atoms with E-state index in [0.717, 1.165) is 23.1 Å². The summed E-state index contributed by atoms with van der Waals surface area (Å²) in [5.41, 5.74) is 9.04. The summed E-state index contributed by atoms with van der Waals surface area (Å²) in [6.45, 7) is 3.09. The fraction of sp³-hybridized carbons (Fsp3) is 0.235. The van der Waals surface area contributed by atoms with E-state index < -0.39 is 0 Å². The Morgan fingerprint density at radius 3 is 2.86 bits per heavy atom. The first-order chi connectivity index (χ1) is 10.2. The van der Waals surface area contributed by atoms with Gasteiger partial charge >= 0.3 is 0 Å². The minimum atomic E-state index is 0.390. The van der Waals surface area contributed by atoms with Crippen molar-refractivity contribution in [3.05, 3.63) is 58.4 Å². The van der Waals surface area contributed by atoms with E-state index in [1.54, 1.807) is 11.3 Å². The van der Waals surface area contributed by atoms with E-state index in [-0.39, 0.29) is 0 Å². The van der Waals surface area contributed by atoms with Crippen LogP contribution in [0.3, 0.4) is 0 Å². The number of rotatable bonds is 4. The third-order valence-electron chi connectivity index (χ3n) is 3.92. The number of fused-ring (bicyclic) bond motifs is 1. The Balaban J connectivity index is 1.90. The van der Waals surface area contributed by atoms with Crippen molar-refractivity contribution in [1.82, 2.24) is 9.88 Å². The van der Waals surface area contributed by atoms with Gasteiger partial charge in [0.1, 0.15) is 0 Å². The molecule has 0 radical (unpaired) electrons. The molecule has 0 aliphatic heterocycles. The van der Waals surface area contributed by atoms with Gasteiger partial charge in [-0.05, 0) is 49.2 Å². The first-order valence-electron chi connectivity index (χ1n) is 7.02. The average Bonchev–Trinajstić information content (AvgIpc) is 3.04. The molecule has 2 N–H and O–H groups in total. The van der Waals surface area contributed by atoms with E-state index >= 15 is 0 Å². The van der Waals surface area contributed by atoms with Crippen LogP contribution in [-0.2, 0) is 6.54 Å². The molecule has 0 fully saturated rings. The van der Waals surface area contributed by atoms with Crippen molar-refractivity contribution < 1.29 is 0 Å². The maximum Gasteiger partial charge on any atom is 0.0767 e. The van der Waals surface area contributed by atoms with Gasteiger partial charge in [0.2, 0.25) is 0 Å². The summed E-state index contributed by atoms with van der Waals surface area (Å²) < 4.78 is 0. The van der Waals surface area contributed by atoms with Crippen LogP contribution in [0.1, 0.15) is 23.4 Å². The van der Waals surface area contributed by atoms with Crippen LogP contribution in [0.15, 0.2) is 48.0 Å². The highest BCUT2D eigenvalue weighted by Gasteiger charge is 2.14. The molecular weight excluding hydrogens is 278 g/mol. The van der Waals surface area contributed by atoms with Crippen LogP contribution >= 0.6 is 11.3 Å². The standard InChI is InChI=1S/C17H19N3S/c1-12(16-6-4-10-21-16)20(2)11-13-7-8-15(18)14-5-3-9-19-17(13)14/h3-10,12H,11,18H2,1-2H3. The number of anilines is 1. The predicted octanol–water partition coefficient (Wildman–Crippen LogP) is 4.07. The number of hydrogen-bond acceptors (Lipinski definition) is 4. The molecule has 0 saturated heterocycles. The number of pyridine rings is 1. The fourth-order valence-electron chi connectivity index (χ4n) is 2.53. The molecule has 1 aromatic carbocycles. The summed E-state index contributed by atoms with van der Waals surface area (Å²) >= 11 is 1.80. The number of nitrogens with zero attached hydrogens (tertiary/aromatic N) is 2. The Kier molecular flexibility index (Phi) is 3.90. The molecule has 21 heavy (non-hydrogen) atoms. The van der Waals surface area contributed by atoms with Crippen LogP contribution in [-0.4, -0.2) is 16.9 Å². The van der Waals surface area contributed by atoms with Crippen molar-refractivity contribution in [3.8, 4) is 0 Å². The third kappa shape index (κ3) is 2.77. The second kappa shape index (κ2) is 5.84. The van der Waals surface area contributed by atoms with Crippen LogP contribution in [0, 0.1) is 0 Å². The molecule has 108 valence electrons. The molecule has 0 spiro atoms. The molecule has 0 bridgehead atoms. The molecular formula is C17H19N3S. The third-order valence-corrected chi connectivity index (χ3v) is 4.97. The summed E-state index contributed by atoms with van der Waals surface area (Å²) in [4.78, 5) is 8.23. The molecule has 0 amide bonds. The number of aromatic nitrogens is 1. The Bertz CT molecular complexity index is 737. The maximum absolute atomic E-state index is 6.04. The average molecular weight is 297 g/mol. The second-order valence-corrected chi connectivity index (χ2v) is 6.30. The SMILES string of the molecule is CC(c1cccs1)N(C)Cc1ccc(N)c2cccnc12. The number of nitrogens with two attached hydrogens (primary N) is 1. The first-order valence-corrected chi connectivity index (χ1v) is 7.90. The summed E-state index contributed by atoms with van der Waals surface area (Å²) in [6, 6.07) is 12.7. The zero-order valence-electron chi connectivity index (χ0n) is 12.3. The fourth-order valence-corrected chi connectivity index (χ4v) is 3.38. The molecule has 1 unspecified atom stereocenters. The molecule has 0 aliphatic carbocycles. The van der Waals surface area contributed by atoms with Gasteiger partial charge in [-0.3, -0.25) is 9.88 Å². The van der Waals surface area contributed by atoms with Gasteiger partial charge in [-0.2, -0.15) is 0 Å². The van der Waals surface area contributed by atoms with Crippen molar-refractivity contribution in [2.75, 3.05) is 12.8 Å². The molecule has 0 aliphatic rings. The first kappa shape index (κ1) is 14.0. The van der Waals surface area contributed by atoms with Gasteiger partial charge in [-0.1, -0.05) is 12.1 Å². The monoisotopic (exact) mass is 297 g/mol. The Labute approximate surface area is 129 Å². The van der Waals surface area contributed by atoms with Gasteiger partial charge in [-0.15, -0.1) is 11.3 Å². The Morgan fingerprint density at radius 1 is 1.24 bits per heavy atom. The van der Waals surface area contributed by atoms with Gasteiger partial charge in [0, 0.05) is 34.7 Å². The van der Waals surface area contributed by atoms with Crippen LogP contribution in [0.4, 0.5) is 5.69 Å². The van der Waals surface area contributed by atoms with Gasteiger partial charge in [-0.25, -0.2) is 0 Å². The van der Waals surface area contributed by atoms with Crippen molar-refractivity contribution >= 4 is 27.9 Å². The lowest BCUT2D eigenvalue weighted by atomic mass is 10.1. The van der Waals surface area contributed by atoms with Crippen molar-refractivity contribution in [3.63, 3.8) is 0 Å².